The second-order valence-electron chi connectivity index (χ2n) is 8.68. The molecule has 0 spiro atoms. The summed E-state index contributed by atoms with van der Waals surface area (Å²) in [5.41, 5.74) is 2.19. The van der Waals surface area contributed by atoms with Crippen LogP contribution in [0, 0.1) is 0 Å². The Labute approximate surface area is 220 Å². The molecule has 1 N–H and O–H groups in total. The summed E-state index contributed by atoms with van der Waals surface area (Å²) in [5, 5.41) is 2.37. The van der Waals surface area contributed by atoms with Crippen molar-refractivity contribution < 1.29 is 28.6 Å². The van der Waals surface area contributed by atoms with E-state index in [9.17, 15) is 14.4 Å². The van der Waals surface area contributed by atoms with Gasteiger partial charge in [-0.3, -0.25) is 19.3 Å². The lowest BCUT2D eigenvalue weighted by atomic mass is 10.1. The van der Waals surface area contributed by atoms with Crippen LogP contribution in [-0.2, 0) is 14.3 Å². The van der Waals surface area contributed by atoms with E-state index < -0.39 is 17.1 Å². The van der Waals surface area contributed by atoms with Crippen LogP contribution in [0.4, 0.5) is 16.2 Å². The van der Waals surface area contributed by atoms with Crippen molar-refractivity contribution in [2.24, 2.45) is 0 Å². The number of ether oxygens (including phenoxy) is 3. The lowest BCUT2D eigenvalue weighted by Crippen LogP contribution is -2.38. The van der Waals surface area contributed by atoms with Gasteiger partial charge < -0.3 is 24.4 Å². The molecule has 2 fully saturated rings. The second-order valence-corrected chi connectivity index (χ2v) is 9.67. The van der Waals surface area contributed by atoms with Gasteiger partial charge in [0.05, 0.1) is 42.7 Å². The maximum Gasteiger partial charge on any atom is 0.294 e. The fourth-order valence-corrected chi connectivity index (χ4v) is 4.79. The van der Waals surface area contributed by atoms with Crippen molar-refractivity contribution in [2.45, 2.75) is 26.4 Å². The molecule has 0 aliphatic carbocycles. The van der Waals surface area contributed by atoms with Gasteiger partial charge in [0.15, 0.2) is 11.5 Å². The van der Waals surface area contributed by atoms with Gasteiger partial charge in [0, 0.05) is 13.1 Å². The number of hydrogen-bond acceptors (Lipinski definition) is 8. The Morgan fingerprint density at radius 2 is 1.92 bits per heavy atom. The van der Waals surface area contributed by atoms with Crippen molar-refractivity contribution in [3.8, 4) is 11.5 Å². The first-order valence-corrected chi connectivity index (χ1v) is 13.0. The number of methoxy groups -OCH3 is 1. The molecule has 3 amide bonds. The molecule has 2 aliphatic heterocycles. The van der Waals surface area contributed by atoms with E-state index in [2.05, 4.69) is 10.2 Å². The third-order valence-corrected chi connectivity index (χ3v) is 7.00. The molecule has 0 aromatic heterocycles. The van der Waals surface area contributed by atoms with Crippen molar-refractivity contribution in [3.63, 3.8) is 0 Å². The van der Waals surface area contributed by atoms with Crippen LogP contribution in [0.15, 0.2) is 47.4 Å². The van der Waals surface area contributed by atoms with Crippen LogP contribution in [0.2, 0.25) is 0 Å². The molecule has 2 aromatic carbocycles. The number of carbonyl (C=O) groups is 3. The monoisotopic (exact) mass is 525 g/mol. The standard InChI is InChI=1S/C27H31N3O6S/c1-4-18(2)36-22-10-9-19(15-23(22)34-3)16-24-26(32)30(27(33)37-24)17-25(31)28-20-7-5-6-8-21(20)29-11-13-35-14-12-29/h5-10,15-16,18H,4,11-14,17H2,1-3H3,(H,28,31)/b24-16-/t18-/m1/s1. The number of hydrogen-bond donors (Lipinski definition) is 1. The first kappa shape index (κ1) is 26.6. The molecule has 2 saturated heterocycles. The number of nitrogens with one attached hydrogen (secondary N) is 1. The van der Waals surface area contributed by atoms with Crippen molar-refractivity contribution >= 4 is 46.3 Å². The Kier molecular flexibility index (Phi) is 8.73. The van der Waals surface area contributed by atoms with Gasteiger partial charge in [-0.2, -0.15) is 0 Å². The number of morpholine rings is 1. The topological polar surface area (TPSA) is 97.4 Å². The van der Waals surface area contributed by atoms with E-state index >= 15 is 0 Å². The van der Waals surface area contributed by atoms with Gasteiger partial charge in [-0.05, 0) is 61.0 Å². The Hall–Kier alpha value is -3.50. The van der Waals surface area contributed by atoms with E-state index in [4.69, 9.17) is 14.2 Å². The number of carbonyl (C=O) groups excluding carboxylic acids is 3. The third kappa shape index (κ3) is 6.44. The summed E-state index contributed by atoms with van der Waals surface area (Å²) in [7, 11) is 1.55. The lowest BCUT2D eigenvalue weighted by molar-refractivity contribution is -0.127. The smallest absolute Gasteiger partial charge is 0.294 e. The molecule has 4 rings (SSSR count). The van der Waals surface area contributed by atoms with E-state index in [1.165, 1.54) is 0 Å². The van der Waals surface area contributed by atoms with E-state index in [1.54, 1.807) is 37.5 Å². The number of amides is 3. The largest absolute Gasteiger partial charge is 0.493 e. The van der Waals surface area contributed by atoms with Crippen LogP contribution in [0.5, 0.6) is 11.5 Å². The summed E-state index contributed by atoms with van der Waals surface area (Å²) in [6.45, 7) is 6.30. The number of anilines is 2. The van der Waals surface area contributed by atoms with Gasteiger partial charge in [0.25, 0.3) is 11.1 Å². The molecule has 2 aromatic rings. The molecule has 10 heteroatoms. The maximum absolute atomic E-state index is 13.0. The minimum Gasteiger partial charge on any atom is -0.493 e. The van der Waals surface area contributed by atoms with Crippen molar-refractivity contribution in [2.75, 3.05) is 50.2 Å². The summed E-state index contributed by atoms with van der Waals surface area (Å²) >= 11 is 0.807. The Bertz CT molecular complexity index is 1190. The predicted molar refractivity (Wildman–Crippen MR) is 144 cm³/mol. The molecule has 9 nitrogen and oxygen atoms in total. The van der Waals surface area contributed by atoms with Gasteiger partial charge in [-0.15, -0.1) is 0 Å². The van der Waals surface area contributed by atoms with E-state index in [1.807, 2.05) is 32.0 Å². The fraction of sp³-hybridized carbons (Fsp3) is 0.370. The second kappa shape index (κ2) is 12.2. The van der Waals surface area contributed by atoms with E-state index in [0.717, 1.165) is 41.9 Å². The number of nitrogens with zero attached hydrogens (tertiary/aromatic N) is 2. The van der Waals surface area contributed by atoms with E-state index in [0.29, 0.717) is 36.0 Å². The predicted octanol–water partition coefficient (Wildman–Crippen LogP) is 4.38. The molecular formula is C27H31N3O6S. The van der Waals surface area contributed by atoms with Gasteiger partial charge in [0.1, 0.15) is 6.54 Å². The minimum atomic E-state index is -0.509. The van der Waals surface area contributed by atoms with Gasteiger partial charge in [0.2, 0.25) is 5.91 Å². The normalized spacial score (nSPS) is 17.8. The molecule has 1 atom stereocenters. The van der Waals surface area contributed by atoms with E-state index in [-0.39, 0.29) is 17.6 Å². The zero-order valence-electron chi connectivity index (χ0n) is 21.2. The summed E-state index contributed by atoms with van der Waals surface area (Å²) in [6.07, 6.45) is 2.50. The number of benzene rings is 2. The Morgan fingerprint density at radius 1 is 1.16 bits per heavy atom. The molecular weight excluding hydrogens is 494 g/mol. The highest BCUT2D eigenvalue weighted by atomic mass is 32.2. The first-order valence-electron chi connectivity index (χ1n) is 12.2. The molecule has 0 saturated carbocycles. The Morgan fingerprint density at radius 3 is 2.65 bits per heavy atom. The molecule has 2 heterocycles. The summed E-state index contributed by atoms with van der Waals surface area (Å²) in [4.78, 5) is 41.8. The molecule has 0 unspecified atom stereocenters. The van der Waals surface area contributed by atoms with Gasteiger partial charge >= 0.3 is 0 Å². The zero-order chi connectivity index (χ0) is 26.4. The lowest BCUT2D eigenvalue weighted by Gasteiger charge is -2.30. The Balaban J connectivity index is 1.44. The quantitative estimate of drug-likeness (QED) is 0.482. The van der Waals surface area contributed by atoms with Crippen LogP contribution in [0.25, 0.3) is 6.08 Å². The first-order chi connectivity index (χ1) is 17.9. The van der Waals surface area contributed by atoms with Crippen LogP contribution in [0.3, 0.4) is 0 Å². The molecule has 37 heavy (non-hydrogen) atoms. The van der Waals surface area contributed by atoms with Crippen molar-refractivity contribution in [1.29, 1.82) is 0 Å². The van der Waals surface area contributed by atoms with Crippen LogP contribution < -0.4 is 19.7 Å². The third-order valence-electron chi connectivity index (χ3n) is 6.09. The van der Waals surface area contributed by atoms with Crippen LogP contribution in [-0.4, -0.2) is 68.0 Å². The highest BCUT2D eigenvalue weighted by Crippen LogP contribution is 2.35. The van der Waals surface area contributed by atoms with Crippen molar-refractivity contribution in [3.05, 3.63) is 52.9 Å². The number of rotatable bonds is 9. The van der Waals surface area contributed by atoms with Crippen molar-refractivity contribution in [1.82, 2.24) is 4.90 Å². The zero-order valence-corrected chi connectivity index (χ0v) is 22.0. The van der Waals surface area contributed by atoms with Gasteiger partial charge in [-0.1, -0.05) is 25.1 Å². The average molecular weight is 526 g/mol. The summed E-state index contributed by atoms with van der Waals surface area (Å²) < 4.78 is 16.7. The highest BCUT2D eigenvalue weighted by molar-refractivity contribution is 8.18. The van der Waals surface area contributed by atoms with Crippen LogP contribution in [0.1, 0.15) is 25.8 Å². The summed E-state index contributed by atoms with van der Waals surface area (Å²) in [6, 6.07) is 12.8. The van der Waals surface area contributed by atoms with Gasteiger partial charge in [-0.25, -0.2) is 0 Å². The number of thioether (sulfide) groups is 1. The molecule has 0 radical (unpaired) electrons. The number of para-hydroxylation sites is 2. The highest BCUT2D eigenvalue weighted by Gasteiger charge is 2.36. The average Bonchev–Trinajstić information content (AvgIpc) is 3.17. The molecule has 196 valence electrons. The SMILES string of the molecule is CC[C@@H](C)Oc1ccc(/C=C2\SC(=O)N(CC(=O)Nc3ccccc3N3CCOCC3)C2=O)cc1OC. The molecule has 2 aliphatic rings. The molecule has 0 bridgehead atoms. The summed E-state index contributed by atoms with van der Waals surface area (Å²) in [5.74, 6) is 0.186. The number of imide groups is 1. The fourth-order valence-electron chi connectivity index (χ4n) is 3.95. The minimum absolute atomic E-state index is 0.0308. The van der Waals surface area contributed by atoms with Crippen LogP contribution >= 0.6 is 11.8 Å². The maximum atomic E-state index is 13.0.